The Morgan fingerprint density at radius 1 is 1.19 bits per heavy atom. The lowest BCUT2D eigenvalue weighted by Gasteiger charge is -2.17. The lowest BCUT2D eigenvalue weighted by Crippen LogP contribution is -2.11. The molecule has 1 heterocycles. The van der Waals surface area contributed by atoms with Crippen LogP contribution < -0.4 is 16.0 Å². The molecule has 0 atom stereocenters. The minimum Gasteiger partial charge on any atom is -0.389 e. The molecule has 2 aromatic rings. The molecule has 0 amide bonds. The number of thiocarbonyl (C=S) groups is 1. The smallest absolute Gasteiger partial charge is 0.131 e. The molecule has 1 aromatic heterocycles. The van der Waals surface area contributed by atoms with Gasteiger partial charge in [-0.1, -0.05) is 18.3 Å². The Morgan fingerprint density at radius 2 is 1.90 bits per heavy atom. The van der Waals surface area contributed by atoms with Crippen molar-refractivity contribution < 1.29 is 0 Å². The summed E-state index contributed by atoms with van der Waals surface area (Å²) in [6.45, 7) is 4.02. The standard InChI is InChI=1S/C16H20N4S/c1-10-5-6-13(9-14(10)20(3)4)19-15-8-12(16(17)21)7-11(2)18-15/h5-9H,1-4H3,(H2,17,21)(H,18,19). The minimum absolute atomic E-state index is 0.376. The van der Waals surface area contributed by atoms with E-state index in [1.807, 2.05) is 39.2 Å². The van der Waals surface area contributed by atoms with Crippen molar-refractivity contribution in [2.45, 2.75) is 13.8 Å². The Balaban J connectivity index is 2.34. The van der Waals surface area contributed by atoms with Crippen LogP contribution in [0, 0.1) is 13.8 Å². The first-order chi connectivity index (χ1) is 9.86. The fourth-order valence-electron chi connectivity index (χ4n) is 2.19. The van der Waals surface area contributed by atoms with E-state index in [4.69, 9.17) is 18.0 Å². The third-order valence-electron chi connectivity index (χ3n) is 3.20. The van der Waals surface area contributed by atoms with Gasteiger partial charge in [0.2, 0.25) is 0 Å². The summed E-state index contributed by atoms with van der Waals surface area (Å²) >= 11 is 5.03. The molecule has 0 saturated carbocycles. The molecular formula is C16H20N4S. The SMILES string of the molecule is Cc1cc(C(N)=S)cc(Nc2ccc(C)c(N(C)C)c2)n1. The molecular weight excluding hydrogens is 280 g/mol. The van der Waals surface area contributed by atoms with Gasteiger partial charge in [-0.05, 0) is 43.7 Å². The second-order valence-electron chi connectivity index (χ2n) is 5.27. The van der Waals surface area contributed by atoms with E-state index < -0.39 is 0 Å². The Morgan fingerprint density at radius 3 is 2.52 bits per heavy atom. The van der Waals surface area contributed by atoms with Crippen molar-refractivity contribution >= 4 is 34.4 Å². The molecule has 0 saturated heterocycles. The van der Waals surface area contributed by atoms with E-state index >= 15 is 0 Å². The van der Waals surface area contributed by atoms with Crippen LogP contribution in [0.1, 0.15) is 16.8 Å². The van der Waals surface area contributed by atoms with Gasteiger partial charge in [-0.25, -0.2) is 4.98 Å². The van der Waals surface area contributed by atoms with Crippen molar-refractivity contribution in [2.24, 2.45) is 5.73 Å². The Labute approximate surface area is 131 Å². The molecule has 0 unspecified atom stereocenters. The number of hydrogen-bond acceptors (Lipinski definition) is 4. The molecule has 0 fully saturated rings. The van der Waals surface area contributed by atoms with Crippen LogP contribution >= 0.6 is 12.2 Å². The number of rotatable bonds is 4. The molecule has 0 bridgehead atoms. The molecule has 0 aliphatic carbocycles. The van der Waals surface area contributed by atoms with Crippen LogP contribution in [-0.4, -0.2) is 24.1 Å². The topological polar surface area (TPSA) is 54.2 Å². The van der Waals surface area contributed by atoms with Crippen molar-refractivity contribution in [1.29, 1.82) is 0 Å². The van der Waals surface area contributed by atoms with Gasteiger partial charge in [0, 0.05) is 36.7 Å². The van der Waals surface area contributed by atoms with Crippen LogP contribution in [0.3, 0.4) is 0 Å². The molecule has 110 valence electrons. The zero-order valence-electron chi connectivity index (χ0n) is 12.8. The van der Waals surface area contributed by atoms with E-state index in [2.05, 4.69) is 34.3 Å². The maximum atomic E-state index is 5.70. The normalized spacial score (nSPS) is 10.3. The van der Waals surface area contributed by atoms with Crippen molar-refractivity contribution in [3.05, 3.63) is 47.2 Å². The number of aryl methyl sites for hydroxylation is 2. The van der Waals surface area contributed by atoms with Crippen LogP contribution in [0.4, 0.5) is 17.2 Å². The minimum atomic E-state index is 0.376. The number of benzene rings is 1. The molecule has 2 rings (SSSR count). The fourth-order valence-corrected chi connectivity index (χ4v) is 2.31. The predicted octanol–water partition coefficient (Wildman–Crippen LogP) is 3.14. The van der Waals surface area contributed by atoms with Crippen LogP contribution in [-0.2, 0) is 0 Å². The number of anilines is 3. The lowest BCUT2D eigenvalue weighted by atomic mass is 10.1. The lowest BCUT2D eigenvalue weighted by molar-refractivity contribution is 1.11. The Kier molecular flexibility index (Phi) is 4.43. The van der Waals surface area contributed by atoms with Gasteiger partial charge in [-0.3, -0.25) is 0 Å². The van der Waals surface area contributed by atoms with Gasteiger partial charge in [0.1, 0.15) is 10.8 Å². The first-order valence-electron chi connectivity index (χ1n) is 6.70. The quantitative estimate of drug-likeness (QED) is 0.850. The molecule has 0 spiro atoms. The summed E-state index contributed by atoms with van der Waals surface area (Å²) in [4.78, 5) is 6.93. The van der Waals surface area contributed by atoms with Gasteiger partial charge in [0.15, 0.2) is 0 Å². The molecule has 1 aromatic carbocycles. The highest BCUT2D eigenvalue weighted by molar-refractivity contribution is 7.80. The van der Waals surface area contributed by atoms with Gasteiger partial charge in [0.05, 0.1) is 0 Å². The molecule has 0 aliphatic rings. The monoisotopic (exact) mass is 300 g/mol. The molecule has 0 aliphatic heterocycles. The summed E-state index contributed by atoms with van der Waals surface area (Å²) in [6.07, 6.45) is 0. The van der Waals surface area contributed by atoms with E-state index in [-0.39, 0.29) is 0 Å². The van der Waals surface area contributed by atoms with Crippen LogP contribution in [0.25, 0.3) is 0 Å². The van der Waals surface area contributed by atoms with Crippen LogP contribution in [0.15, 0.2) is 30.3 Å². The molecule has 5 heteroatoms. The Hall–Kier alpha value is -2.14. The Bertz CT molecular complexity index is 680. The molecule has 21 heavy (non-hydrogen) atoms. The maximum Gasteiger partial charge on any atom is 0.131 e. The van der Waals surface area contributed by atoms with Crippen molar-refractivity contribution in [1.82, 2.24) is 4.98 Å². The average Bonchev–Trinajstić information content (AvgIpc) is 2.40. The fraction of sp³-hybridized carbons (Fsp3) is 0.250. The highest BCUT2D eigenvalue weighted by Crippen LogP contribution is 2.25. The largest absolute Gasteiger partial charge is 0.389 e. The van der Waals surface area contributed by atoms with E-state index in [1.54, 1.807) is 0 Å². The predicted molar refractivity (Wildman–Crippen MR) is 93.7 cm³/mol. The second kappa shape index (κ2) is 6.10. The number of hydrogen-bond donors (Lipinski definition) is 2. The summed E-state index contributed by atoms with van der Waals surface area (Å²) < 4.78 is 0. The molecule has 4 nitrogen and oxygen atoms in total. The first-order valence-corrected chi connectivity index (χ1v) is 7.11. The van der Waals surface area contributed by atoms with Crippen molar-refractivity contribution in [2.75, 3.05) is 24.3 Å². The van der Waals surface area contributed by atoms with Crippen LogP contribution in [0.5, 0.6) is 0 Å². The van der Waals surface area contributed by atoms with Gasteiger partial charge in [-0.2, -0.15) is 0 Å². The van der Waals surface area contributed by atoms with Gasteiger partial charge in [-0.15, -0.1) is 0 Å². The molecule has 0 radical (unpaired) electrons. The van der Waals surface area contributed by atoms with E-state index in [0.717, 1.165) is 22.8 Å². The third kappa shape index (κ3) is 3.70. The van der Waals surface area contributed by atoms with Crippen molar-refractivity contribution in [3.8, 4) is 0 Å². The molecule has 3 N–H and O–H groups in total. The number of nitrogens with one attached hydrogen (secondary N) is 1. The average molecular weight is 300 g/mol. The number of aromatic nitrogens is 1. The van der Waals surface area contributed by atoms with Gasteiger partial charge >= 0.3 is 0 Å². The third-order valence-corrected chi connectivity index (χ3v) is 3.44. The highest BCUT2D eigenvalue weighted by atomic mass is 32.1. The number of pyridine rings is 1. The second-order valence-corrected chi connectivity index (χ2v) is 5.71. The van der Waals surface area contributed by atoms with E-state index in [0.29, 0.717) is 4.99 Å². The zero-order chi connectivity index (χ0) is 15.6. The maximum absolute atomic E-state index is 5.70. The van der Waals surface area contributed by atoms with E-state index in [1.165, 1.54) is 11.3 Å². The van der Waals surface area contributed by atoms with Crippen molar-refractivity contribution in [3.63, 3.8) is 0 Å². The summed E-state index contributed by atoms with van der Waals surface area (Å²) in [5.41, 5.74) is 10.8. The number of nitrogens with two attached hydrogens (primary N) is 1. The first kappa shape index (κ1) is 15.3. The highest BCUT2D eigenvalue weighted by Gasteiger charge is 2.06. The summed E-state index contributed by atoms with van der Waals surface area (Å²) in [5, 5.41) is 3.31. The zero-order valence-corrected chi connectivity index (χ0v) is 13.6. The van der Waals surface area contributed by atoms with Gasteiger partial charge in [0.25, 0.3) is 0 Å². The van der Waals surface area contributed by atoms with Crippen LogP contribution in [0.2, 0.25) is 0 Å². The van der Waals surface area contributed by atoms with Gasteiger partial charge < -0.3 is 16.0 Å². The summed E-state index contributed by atoms with van der Waals surface area (Å²) in [6, 6.07) is 9.97. The summed E-state index contributed by atoms with van der Waals surface area (Å²) in [5.74, 6) is 0.742. The van der Waals surface area contributed by atoms with E-state index in [9.17, 15) is 0 Å². The number of nitrogens with zero attached hydrogens (tertiary/aromatic N) is 2. The summed E-state index contributed by atoms with van der Waals surface area (Å²) in [7, 11) is 4.06.